The molecule has 0 N–H and O–H groups in total. The third kappa shape index (κ3) is 4.51. The van der Waals surface area contributed by atoms with Crippen molar-refractivity contribution in [2.75, 3.05) is 26.2 Å². The molecule has 0 bridgehead atoms. The third-order valence-corrected chi connectivity index (χ3v) is 9.76. The molecule has 0 unspecified atom stereocenters. The number of fused-ring (bicyclic) bond motifs is 1. The number of benzene rings is 2. The van der Waals surface area contributed by atoms with Gasteiger partial charge in [-0.05, 0) is 74.3 Å². The molecule has 35 heavy (non-hydrogen) atoms. The van der Waals surface area contributed by atoms with Gasteiger partial charge in [0.25, 0.3) is 10.0 Å². The van der Waals surface area contributed by atoms with E-state index in [4.69, 9.17) is 0 Å². The highest BCUT2D eigenvalue weighted by molar-refractivity contribution is 7.91. The van der Waals surface area contributed by atoms with Gasteiger partial charge in [-0.2, -0.15) is 9.40 Å². The van der Waals surface area contributed by atoms with Gasteiger partial charge < -0.3 is 0 Å². The minimum Gasteiger partial charge on any atom is -0.294 e. The average molecular weight is 514 g/mol. The Labute approximate surface area is 208 Å². The molecule has 7 nitrogen and oxygen atoms in total. The molecule has 0 aliphatic carbocycles. The first-order valence-corrected chi connectivity index (χ1v) is 13.9. The van der Waals surface area contributed by atoms with E-state index < -0.39 is 10.0 Å². The van der Waals surface area contributed by atoms with E-state index in [0.717, 1.165) is 45.7 Å². The molecular weight excluding hydrogens is 485 g/mol. The molecule has 1 atom stereocenters. The van der Waals surface area contributed by atoms with E-state index in [-0.39, 0.29) is 11.9 Å². The number of halogens is 1. The van der Waals surface area contributed by atoms with E-state index >= 15 is 0 Å². The lowest BCUT2D eigenvalue weighted by atomic mass is 9.96. The zero-order valence-corrected chi connectivity index (χ0v) is 21.6. The number of rotatable bonds is 6. The fraction of sp³-hybridized carbons (Fsp3) is 0.360. The Balaban J connectivity index is 1.52. The molecule has 0 amide bonds. The van der Waals surface area contributed by atoms with Gasteiger partial charge in [0.05, 0.1) is 28.6 Å². The second-order valence-corrected chi connectivity index (χ2v) is 12.3. The summed E-state index contributed by atoms with van der Waals surface area (Å²) in [6.45, 7) is 8.42. The summed E-state index contributed by atoms with van der Waals surface area (Å²) in [4.78, 5) is 6.53. The zero-order chi connectivity index (χ0) is 24.7. The zero-order valence-electron chi connectivity index (χ0n) is 20.0. The van der Waals surface area contributed by atoms with Crippen molar-refractivity contribution in [1.29, 1.82) is 0 Å². The molecule has 3 heterocycles. The SMILES string of the molecule is CCCN1CCN(S(=O)(=O)c2cnc(C)s2)C[C@@H]1c1cc2cnn(-c3ccc(F)cc3)c2cc1C. The van der Waals surface area contributed by atoms with Crippen LogP contribution < -0.4 is 0 Å². The van der Waals surface area contributed by atoms with Crippen molar-refractivity contribution in [3.8, 4) is 5.69 Å². The first-order chi connectivity index (χ1) is 16.8. The lowest BCUT2D eigenvalue weighted by molar-refractivity contribution is 0.118. The highest BCUT2D eigenvalue weighted by Crippen LogP contribution is 2.34. The largest absolute Gasteiger partial charge is 0.294 e. The van der Waals surface area contributed by atoms with Gasteiger partial charge in [-0.1, -0.05) is 6.92 Å². The van der Waals surface area contributed by atoms with Gasteiger partial charge in [0, 0.05) is 31.1 Å². The molecule has 1 aliphatic heterocycles. The summed E-state index contributed by atoms with van der Waals surface area (Å²) in [5.41, 5.74) is 3.89. The minimum atomic E-state index is -3.60. The first-order valence-electron chi connectivity index (χ1n) is 11.7. The molecule has 2 aromatic heterocycles. The quantitative estimate of drug-likeness (QED) is 0.374. The summed E-state index contributed by atoms with van der Waals surface area (Å²) in [6.07, 6.45) is 4.26. The number of piperazine rings is 1. The predicted octanol–water partition coefficient (Wildman–Crippen LogP) is 4.70. The molecule has 0 radical (unpaired) electrons. The van der Waals surface area contributed by atoms with Crippen molar-refractivity contribution in [2.45, 2.75) is 37.4 Å². The Kier molecular flexibility index (Phi) is 6.47. The van der Waals surface area contributed by atoms with Gasteiger partial charge in [-0.15, -0.1) is 11.3 Å². The maximum atomic E-state index is 13.4. The standard InChI is InChI=1S/C25H28FN5O2S2/c1-4-9-29-10-11-30(35(32,33)25-15-27-18(3)34-25)16-24(29)22-13-19-14-28-31(23(19)12-17(22)2)21-7-5-20(26)6-8-21/h5-8,12-15,24H,4,9-11,16H2,1-3H3/t24-/m1/s1. The lowest BCUT2D eigenvalue weighted by Gasteiger charge is -2.41. The topological polar surface area (TPSA) is 71.3 Å². The van der Waals surface area contributed by atoms with Gasteiger partial charge in [0.2, 0.25) is 0 Å². The Hall–Kier alpha value is -2.66. The van der Waals surface area contributed by atoms with Crippen LogP contribution in [0.3, 0.4) is 0 Å². The maximum absolute atomic E-state index is 13.4. The molecule has 4 aromatic rings. The molecule has 1 aliphatic rings. The van der Waals surface area contributed by atoms with Crippen LogP contribution in [0.1, 0.15) is 35.5 Å². The van der Waals surface area contributed by atoms with Crippen molar-refractivity contribution in [3.05, 3.63) is 70.7 Å². The van der Waals surface area contributed by atoms with Crippen LogP contribution in [0.5, 0.6) is 0 Å². The number of nitrogens with zero attached hydrogens (tertiary/aromatic N) is 5. The van der Waals surface area contributed by atoms with Gasteiger partial charge in [0.15, 0.2) is 4.21 Å². The van der Waals surface area contributed by atoms with E-state index in [9.17, 15) is 12.8 Å². The second kappa shape index (κ2) is 9.42. The van der Waals surface area contributed by atoms with Crippen LogP contribution in [-0.2, 0) is 10.0 Å². The van der Waals surface area contributed by atoms with Crippen molar-refractivity contribution < 1.29 is 12.8 Å². The highest BCUT2D eigenvalue weighted by atomic mass is 32.2. The Morgan fingerprint density at radius 2 is 1.89 bits per heavy atom. The van der Waals surface area contributed by atoms with Gasteiger partial charge in [-0.3, -0.25) is 4.90 Å². The maximum Gasteiger partial charge on any atom is 0.254 e. The molecule has 0 spiro atoms. The number of sulfonamides is 1. The summed E-state index contributed by atoms with van der Waals surface area (Å²) < 4.78 is 43.8. The number of aromatic nitrogens is 3. The van der Waals surface area contributed by atoms with E-state index in [1.165, 1.54) is 29.7 Å². The normalized spacial score (nSPS) is 17.9. The second-order valence-electron chi connectivity index (χ2n) is 8.91. The lowest BCUT2D eigenvalue weighted by Crippen LogP contribution is -2.50. The third-order valence-electron chi connectivity index (χ3n) is 6.55. The Bertz CT molecular complexity index is 1460. The Morgan fingerprint density at radius 1 is 1.11 bits per heavy atom. The smallest absolute Gasteiger partial charge is 0.254 e. The van der Waals surface area contributed by atoms with E-state index in [2.05, 4.69) is 41.0 Å². The van der Waals surface area contributed by atoms with Crippen LogP contribution in [-0.4, -0.2) is 58.6 Å². The fourth-order valence-electron chi connectivity index (χ4n) is 4.80. The summed E-state index contributed by atoms with van der Waals surface area (Å²) in [5.74, 6) is -0.287. The molecule has 2 aromatic carbocycles. The van der Waals surface area contributed by atoms with Crippen molar-refractivity contribution in [1.82, 2.24) is 24.0 Å². The predicted molar refractivity (Wildman–Crippen MR) is 136 cm³/mol. The van der Waals surface area contributed by atoms with Gasteiger partial charge >= 0.3 is 0 Å². The molecule has 10 heteroatoms. The monoisotopic (exact) mass is 513 g/mol. The first kappa shape index (κ1) is 24.1. The van der Waals surface area contributed by atoms with Gasteiger partial charge in [-0.25, -0.2) is 22.5 Å². The minimum absolute atomic E-state index is 0.0638. The number of thiazole rings is 1. The summed E-state index contributed by atoms with van der Waals surface area (Å²) in [7, 11) is -3.60. The van der Waals surface area contributed by atoms with Gasteiger partial charge in [0.1, 0.15) is 5.82 Å². The van der Waals surface area contributed by atoms with Crippen molar-refractivity contribution in [3.63, 3.8) is 0 Å². The van der Waals surface area contributed by atoms with E-state index in [1.807, 2.05) is 13.1 Å². The molecule has 5 rings (SSSR count). The van der Waals surface area contributed by atoms with Crippen LogP contribution >= 0.6 is 11.3 Å². The van der Waals surface area contributed by atoms with E-state index in [1.54, 1.807) is 21.1 Å². The van der Waals surface area contributed by atoms with Crippen molar-refractivity contribution in [2.24, 2.45) is 0 Å². The van der Waals surface area contributed by atoms with Crippen molar-refractivity contribution >= 4 is 32.3 Å². The number of hydrogen-bond acceptors (Lipinski definition) is 6. The molecule has 1 fully saturated rings. The Morgan fingerprint density at radius 3 is 2.57 bits per heavy atom. The van der Waals surface area contributed by atoms with E-state index in [0.29, 0.717) is 23.8 Å². The summed E-state index contributed by atoms with van der Waals surface area (Å²) >= 11 is 1.21. The molecule has 1 saturated heterocycles. The van der Waals surface area contributed by atoms with Crippen LogP contribution in [0.2, 0.25) is 0 Å². The number of aryl methyl sites for hydroxylation is 2. The molecule has 184 valence electrons. The average Bonchev–Trinajstić information content (AvgIpc) is 3.46. The summed E-state index contributed by atoms with van der Waals surface area (Å²) in [6, 6.07) is 10.4. The highest BCUT2D eigenvalue weighted by Gasteiger charge is 2.36. The molecule has 0 saturated carbocycles. The molecular formula is C25H28FN5O2S2. The van der Waals surface area contributed by atoms with Crippen LogP contribution in [0.4, 0.5) is 4.39 Å². The summed E-state index contributed by atoms with van der Waals surface area (Å²) in [5, 5.41) is 6.25. The fourth-order valence-corrected chi connectivity index (χ4v) is 7.50. The number of hydrogen-bond donors (Lipinski definition) is 0. The van der Waals surface area contributed by atoms with Crippen LogP contribution in [0.15, 0.2) is 53.0 Å². The van der Waals surface area contributed by atoms with Crippen LogP contribution in [0, 0.1) is 19.7 Å². The van der Waals surface area contributed by atoms with Crippen LogP contribution in [0.25, 0.3) is 16.6 Å².